The molecule has 0 saturated heterocycles. The average Bonchev–Trinajstić information content (AvgIpc) is 2.15. The summed E-state index contributed by atoms with van der Waals surface area (Å²) in [6.07, 6.45) is 0. The Morgan fingerprint density at radius 1 is 1.44 bits per heavy atom. The summed E-state index contributed by atoms with van der Waals surface area (Å²) in [5.74, 6) is 0.701. The van der Waals surface area contributed by atoms with Gasteiger partial charge in [-0.3, -0.25) is 4.90 Å². The van der Waals surface area contributed by atoms with Crippen LogP contribution in [0.15, 0.2) is 6.07 Å². The zero-order valence-corrected chi connectivity index (χ0v) is 10.7. The third-order valence-corrected chi connectivity index (χ3v) is 2.52. The number of nitrogens with zero attached hydrogens (tertiary/aromatic N) is 3. The maximum Gasteiger partial charge on any atom is 0.144 e. The number of halogens is 1. The van der Waals surface area contributed by atoms with Crippen molar-refractivity contribution in [3.8, 4) is 0 Å². The molecular formula is C11H18ClN3O. The highest BCUT2D eigenvalue weighted by molar-refractivity contribution is 6.29. The van der Waals surface area contributed by atoms with Crippen molar-refractivity contribution in [1.29, 1.82) is 0 Å². The normalized spacial score (nSPS) is 11.4. The number of aryl methyl sites for hydroxylation is 1. The van der Waals surface area contributed by atoms with Crippen molar-refractivity contribution in [2.24, 2.45) is 0 Å². The van der Waals surface area contributed by atoms with Crippen LogP contribution in [0.2, 0.25) is 5.15 Å². The predicted octanol–water partition coefficient (Wildman–Crippen LogP) is 1.64. The molecule has 16 heavy (non-hydrogen) atoms. The van der Waals surface area contributed by atoms with Crippen molar-refractivity contribution in [1.82, 2.24) is 14.9 Å². The van der Waals surface area contributed by atoms with E-state index in [0.717, 1.165) is 5.69 Å². The second kappa shape index (κ2) is 6.13. The van der Waals surface area contributed by atoms with Crippen LogP contribution in [0.3, 0.4) is 0 Å². The molecule has 0 spiro atoms. The summed E-state index contributed by atoms with van der Waals surface area (Å²) < 4.78 is 0. The highest BCUT2D eigenvalue weighted by Crippen LogP contribution is 2.09. The molecule has 0 saturated carbocycles. The predicted molar refractivity (Wildman–Crippen MR) is 64.4 cm³/mol. The first kappa shape index (κ1) is 13.4. The van der Waals surface area contributed by atoms with Gasteiger partial charge in [0, 0.05) is 18.3 Å². The second-order valence-corrected chi connectivity index (χ2v) is 4.42. The van der Waals surface area contributed by atoms with E-state index in [9.17, 15) is 0 Å². The summed E-state index contributed by atoms with van der Waals surface area (Å²) >= 11 is 5.87. The zero-order chi connectivity index (χ0) is 12.1. The van der Waals surface area contributed by atoms with E-state index in [4.69, 9.17) is 16.7 Å². The fourth-order valence-electron chi connectivity index (χ4n) is 1.49. The molecule has 1 aromatic heterocycles. The summed E-state index contributed by atoms with van der Waals surface area (Å²) in [6.45, 7) is 7.41. The van der Waals surface area contributed by atoms with E-state index in [1.807, 2.05) is 6.92 Å². The van der Waals surface area contributed by atoms with Crippen molar-refractivity contribution in [3.63, 3.8) is 0 Å². The standard InChI is InChI=1S/C11H18ClN3O/c1-8(2)15(4-5-16)7-11-13-9(3)6-10(12)14-11/h6,8,16H,4-5,7H2,1-3H3. The molecular weight excluding hydrogens is 226 g/mol. The minimum atomic E-state index is 0.137. The topological polar surface area (TPSA) is 49.2 Å². The summed E-state index contributed by atoms with van der Waals surface area (Å²) in [5, 5.41) is 9.43. The van der Waals surface area contributed by atoms with Crippen LogP contribution >= 0.6 is 11.6 Å². The molecule has 0 fully saturated rings. The molecule has 1 rings (SSSR count). The smallest absolute Gasteiger partial charge is 0.144 e. The molecule has 0 bridgehead atoms. The number of hydrogen-bond donors (Lipinski definition) is 1. The molecule has 90 valence electrons. The molecule has 1 N–H and O–H groups in total. The molecule has 0 aliphatic carbocycles. The first-order chi connectivity index (χ1) is 7.52. The Morgan fingerprint density at radius 2 is 2.12 bits per heavy atom. The van der Waals surface area contributed by atoms with Gasteiger partial charge >= 0.3 is 0 Å². The van der Waals surface area contributed by atoms with Gasteiger partial charge < -0.3 is 5.11 Å². The lowest BCUT2D eigenvalue weighted by Crippen LogP contribution is -2.33. The number of hydrogen-bond acceptors (Lipinski definition) is 4. The van der Waals surface area contributed by atoms with Crippen molar-refractivity contribution in [2.45, 2.75) is 33.4 Å². The van der Waals surface area contributed by atoms with Gasteiger partial charge in [0.2, 0.25) is 0 Å². The number of rotatable bonds is 5. The van der Waals surface area contributed by atoms with Crippen LogP contribution in [0, 0.1) is 6.92 Å². The van der Waals surface area contributed by atoms with E-state index >= 15 is 0 Å². The van der Waals surface area contributed by atoms with Crippen LogP contribution < -0.4 is 0 Å². The quantitative estimate of drug-likeness (QED) is 0.799. The lowest BCUT2D eigenvalue weighted by molar-refractivity contribution is 0.156. The molecule has 0 atom stereocenters. The summed E-state index contributed by atoms with van der Waals surface area (Å²) in [7, 11) is 0. The Hall–Kier alpha value is -0.710. The van der Waals surface area contributed by atoms with Crippen LogP contribution in [-0.2, 0) is 6.54 Å². The van der Waals surface area contributed by atoms with Crippen LogP contribution in [0.25, 0.3) is 0 Å². The molecule has 1 aromatic rings. The van der Waals surface area contributed by atoms with E-state index in [1.165, 1.54) is 0 Å². The fourth-order valence-corrected chi connectivity index (χ4v) is 1.74. The summed E-state index contributed by atoms with van der Waals surface area (Å²) in [6, 6.07) is 2.08. The summed E-state index contributed by atoms with van der Waals surface area (Å²) in [5.41, 5.74) is 0.864. The number of aliphatic hydroxyl groups excluding tert-OH is 1. The molecule has 1 heterocycles. The Bertz CT molecular complexity index is 324. The van der Waals surface area contributed by atoms with Gasteiger partial charge in [0.15, 0.2) is 0 Å². The van der Waals surface area contributed by atoms with E-state index in [0.29, 0.717) is 30.1 Å². The molecule has 0 unspecified atom stereocenters. The van der Waals surface area contributed by atoms with Gasteiger partial charge in [-0.2, -0.15) is 0 Å². The average molecular weight is 244 g/mol. The van der Waals surface area contributed by atoms with E-state index in [1.54, 1.807) is 6.07 Å². The van der Waals surface area contributed by atoms with Crippen LogP contribution in [0.1, 0.15) is 25.4 Å². The monoisotopic (exact) mass is 243 g/mol. The van der Waals surface area contributed by atoms with Crippen molar-refractivity contribution in [3.05, 3.63) is 22.7 Å². The lowest BCUT2D eigenvalue weighted by Gasteiger charge is -2.24. The van der Waals surface area contributed by atoms with Gasteiger partial charge in [0.05, 0.1) is 13.2 Å². The van der Waals surface area contributed by atoms with E-state index in [-0.39, 0.29) is 6.61 Å². The van der Waals surface area contributed by atoms with Gasteiger partial charge in [-0.15, -0.1) is 0 Å². The fraction of sp³-hybridized carbons (Fsp3) is 0.636. The molecule has 0 aromatic carbocycles. The van der Waals surface area contributed by atoms with Crippen LogP contribution in [0.4, 0.5) is 0 Å². The van der Waals surface area contributed by atoms with Gasteiger partial charge in [-0.25, -0.2) is 9.97 Å². The Morgan fingerprint density at radius 3 is 2.62 bits per heavy atom. The van der Waals surface area contributed by atoms with E-state index in [2.05, 4.69) is 28.7 Å². The molecule has 4 nitrogen and oxygen atoms in total. The minimum Gasteiger partial charge on any atom is -0.395 e. The third kappa shape index (κ3) is 4.04. The maximum atomic E-state index is 8.96. The molecule has 0 aliphatic heterocycles. The van der Waals surface area contributed by atoms with Crippen molar-refractivity contribution in [2.75, 3.05) is 13.2 Å². The third-order valence-electron chi connectivity index (χ3n) is 2.33. The number of aliphatic hydroxyl groups is 1. The van der Waals surface area contributed by atoms with E-state index < -0.39 is 0 Å². The Labute approximate surface area is 101 Å². The molecule has 0 aliphatic rings. The first-order valence-electron chi connectivity index (χ1n) is 5.38. The zero-order valence-electron chi connectivity index (χ0n) is 9.94. The molecule has 5 heteroatoms. The molecule has 0 radical (unpaired) electrons. The Kier molecular flexibility index (Phi) is 5.12. The summed E-state index contributed by atoms with van der Waals surface area (Å²) in [4.78, 5) is 10.6. The van der Waals surface area contributed by atoms with Gasteiger partial charge in [0.1, 0.15) is 11.0 Å². The SMILES string of the molecule is Cc1cc(Cl)nc(CN(CCO)C(C)C)n1. The maximum absolute atomic E-state index is 8.96. The van der Waals surface area contributed by atoms with Crippen molar-refractivity contribution < 1.29 is 5.11 Å². The second-order valence-electron chi connectivity index (χ2n) is 4.04. The van der Waals surface area contributed by atoms with Crippen LogP contribution in [0.5, 0.6) is 0 Å². The van der Waals surface area contributed by atoms with Gasteiger partial charge in [-0.05, 0) is 26.8 Å². The largest absolute Gasteiger partial charge is 0.395 e. The minimum absolute atomic E-state index is 0.137. The Balaban J connectivity index is 2.76. The highest BCUT2D eigenvalue weighted by atomic mass is 35.5. The number of aromatic nitrogens is 2. The lowest BCUT2D eigenvalue weighted by atomic mass is 10.3. The first-order valence-corrected chi connectivity index (χ1v) is 5.75. The van der Waals surface area contributed by atoms with Gasteiger partial charge in [-0.1, -0.05) is 11.6 Å². The van der Waals surface area contributed by atoms with Gasteiger partial charge in [0.25, 0.3) is 0 Å². The van der Waals surface area contributed by atoms with Crippen LogP contribution in [-0.4, -0.2) is 39.2 Å². The van der Waals surface area contributed by atoms with Crippen molar-refractivity contribution >= 4 is 11.6 Å². The highest BCUT2D eigenvalue weighted by Gasteiger charge is 2.11. The molecule has 0 amide bonds.